The van der Waals surface area contributed by atoms with E-state index in [0.717, 1.165) is 31.6 Å². The van der Waals surface area contributed by atoms with E-state index in [2.05, 4.69) is 17.4 Å². The molecule has 0 bridgehead atoms. The maximum Gasteiger partial charge on any atom is 0.173 e. The average Bonchev–Trinajstić information content (AvgIpc) is 2.52. The van der Waals surface area contributed by atoms with E-state index in [0.29, 0.717) is 23.5 Å². The van der Waals surface area contributed by atoms with E-state index in [1.807, 2.05) is 12.1 Å². The fourth-order valence-corrected chi connectivity index (χ4v) is 2.56. The minimum atomic E-state index is 0.0459. The van der Waals surface area contributed by atoms with Gasteiger partial charge in [-0.25, -0.2) is 0 Å². The van der Waals surface area contributed by atoms with Crippen LogP contribution in [0.4, 0.5) is 0 Å². The zero-order chi connectivity index (χ0) is 15.2. The number of hydrogen-bond acceptors (Lipinski definition) is 5. The minimum Gasteiger partial charge on any atom is -0.496 e. The summed E-state index contributed by atoms with van der Waals surface area (Å²) in [6.45, 7) is 3.66. The first-order chi connectivity index (χ1) is 10.1. The van der Waals surface area contributed by atoms with Crippen LogP contribution in [0, 0.1) is 0 Å². The Kier molecular flexibility index (Phi) is 5.41. The number of oxime groups is 1. The molecule has 21 heavy (non-hydrogen) atoms. The minimum absolute atomic E-state index is 0.0459. The Morgan fingerprint density at radius 3 is 3.05 bits per heavy atom. The van der Waals surface area contributed by atoms with Gasteiger partial charge in [-0.05, 0) is 37.5 Å². The Bertz CT molecular complexity index is 505. The highest BCUT2D eigenvalue weighted by atomic mass is 16.5. The van der Waals surface area contributed by atoms with Gasteiger partial charge in [-0.15, -0.1) is 0 Å². The number of hydrogen-bond donors (Lipinski definition) is 3. The van der Waals surface area contributed by atoms with Crippen molar-refractivity contribution in [2.45, 2.75) is 38.5 Å². The molecule has 0 radical (unpaired) electrons. The van der Waals surface area contributed by atoms with Gasteiger partial charge in [-0.3, -0.25) is 0 Å². The van der Waals surface area contributed by atoms with Crippen molar-refractivity contribution in [1.29, 1.82) is 0 Å². The summed E-state index contributed by atoms with van der Waals surface area (Å²) < 4.78 is 10.8. The van der Waals surface area contributed by atoms with Crippen molar-refractivity contribution in [2.75, 3.05) is 13.7 Å². The van der Waals surface area contributed by atoms with Crippen molar-refractivity contribution < 1.29 is 14.7 Å². The van der Waals surface area contributed by atoms with E-state index in [1.165, 1.54) is 0 Å². The molecular weight excluding hydrogens is 270 g/mol. The first kappa shape index (κ1) is 15.6. The summed E-state index contributed by atoms with van der Waals surface area (Å²) in [4.78, 5) is 0. The van der Waals surface area contributed by atoms with Gasteiger partial charge in [0.05, 0.1) is 18.8 Å². The lowest BCUT2D eigenvalue weighted by Crippen LogP contribution is -2.37. The molecule has 4 N–H and O–H groups in total. The van der Waals surface area contributed by atoms with Crippen LogP contribution in [0.25, 0.3) is 0 Å². The molecule has 2 unspecified atom stereocenters. The molecule has 1 aromatic carbocycles. The molecule has 1 aromatic rings. The summed E-state index contributed by atoms with van der Waals surface area (Å²) in [5.74, 6) is 0.648. The van der Waals surface area contributed by atoms with Crippen LogP contribution in [0.2, 0.25) is 0 Å². The molecule has 2 atom stereocenters. The lowest BCUT2D eigenvalue weighted by Gasteiger charge is -2.28. The smallest absolute Gasteiger partial charge is 0.173 e. The van der Waals surface area contributed by atoms with Gasteiger partial charge in [0.25, 0.3) is 0 Å². The van der Waals surface area contributed by atoms with Gasteiger partial charge >= 0.3 is 0 Å². The number of nitrogens with one attached hydrogen (secondary N) is 1. The standard InChI is InChI=1S/C15H23N3O3/c1-10-7-12(5-6-21-10)17-9-11-3-4-13(15(16)18-19)14(8-11)20-2/h3-4,8,10,12,17,19H,5-7,9H2,1-2H3,(H2,16,18). The molecule has 0 saturated carbocycles. The molecule has 0 aromatic heterocycles. The molecule has 6 heteroatoms. The van der Waals surface area contributed by atoms with Gasteiger partial charge in [0.1, 0.15) is 5.75 Å². The maximum absolute atomic E-state index is 8.76. The number of nitrogens with two attached hydrogens (primary N) is 1. The first-order valence-corrected chi connectivity index (χ1v) is 7.13. The summed E-state index contributed by atoms with van der Waals surface area (Å²) in [5, 5.41) is 15.3. The maximum atomic E-state index is 8.76. The molecule has 1 heterocycles. The van der Waals surface area contributed by atoms with Crippen molar-refractivity contribution in [3.05, 3.63) is 29.3 Å². The second kappa shape index (κ2) is 7.28. The van der Waals surface area contributed by atoms with Crippen molar-refractivity contribution in [2.24, 2.45) is 10.9 Å². The second-order valence-corrected chi connectivity index (χ2v) is 5.30. The van der Waals surface area contributed by atoms with Crippen molar-refractivity contribution in [1.82, 2.24) is 5.32 Å². The van der Waals surface area contributed by atoms with Gasteiger partial charge in [-0.1, -0.05) is 11.2 Å². The molecule has 0 spiro atoms. The van der Waals surface area contributed by atoms with E-state index >= 15 is 0 Å². The number of benzene rings is 1. The second-order valence-electron chi connectivity index (χ2n) is 5.30. The SMILES string of the molecule is COc1cc(CNC2CCOC(C)C2)ccc1/C(N)=N/O. The quantitative estimate of drug-likeness (QED) is 0.331. The largest absolute Gasteiger partial charge is 0.496 e. The van der Waals surface area contributed by atoms with Crippen LogP contribution in [0.1, 0.15) is 30.9 Å². The number of rotatable bonds is 5. The zero-order valence-corrected chi connectivity index (χ0v) is 12.5. The van der Waals surface area contributed by atoms with Crippen LogP contribution in [0.5, 0.6) is 5.75 Å². The number of methoxy groups -OCH3 is 1. The molecule has 6 nitrogen and oxygen atoms in total. The highest BCUT2D eigenvalue weighted by molar-refractivity contribution is 5.99. The summed E-state index contributed by atoms with van der Waals surface area (Å²) >= 11 is 0. The molecule has 1 aliphatic rings. The average molecular weight is 293 g/mol. The Morgan fingerprint density at radius 2 is 2.38 bits per heavy atom. The van der Waals surface area contributed by atoms with Crippen LogP contribution in [-0.4, -0.2) is 36.9 Å². The van der Waals surface area contributed by atoms with Crippen molar-refractivity contribution in [3.8, 4) is 5.75 Å². The lowest BCUT2D eigenvalue weighted by atomic mass is 10.0. The van der Waals surface area contributed by atoms with E-state index in [4.69, 9.17) is 20.4 Å². The highest BCUT2D eigenvalue weighted by Gasteiger charge is 2.18. The Labute approximate surface area is 124 Å². The molecular formula is C15H23N3O3. The molecule has 0 amide bonds. The van der Waals surface area contributed by atoms with E-state index < -0.39 is 0 Å². The van der Waals surface area contributed by atoms with Gasteiger partial charge in [-0.2, -0.15) is 0 Å². The van der Waals surface area contributed by atoms with E-state index in [-0.39, 0.29) is 5.84 Å². The molecule has 1 saturated heterocycles. The van der Waals surface area contributed by atoms with Crippen molar-refractivity contribution >= 4 is 5.84 Å². The van der Waals surface area contributed by atoms with Crippen LogP contribution < -0.4 is 15.8 Å². The topological polar surface area (TPSA) is 89.1 Å². The summed E-state index contributed by atoms with van der Waals surface area (Å²) in [7, 11) is 1.57. The van der Waals surface area contributed by atoms with Crippen LogP contribution in [0.3, 0.4) is 0 Å². The monoisotopic (exact) mass is 293 g/mol. The van der Waals surface area contributed by atoms with E-state index in [1.54, 1.807) is 13.2 Å². The summed E-state index contributed by atoms with van der Waals surface area (Å²) in [5.41, 5.74) is 7.30. The third-order valence-corrected chi connectivity index (χ3v) is 3.73. The summed E-state index contributed by atoms with van der Waals surface area (Å²) in [6.07, 6.45) is 2.37. The predicted molar refractivity (Wildman–Crippen MR) is 80.8 cm³/mol. The van der Waals surface area contributed by atoms with Gasteiger partial charge in [0.2, 0.25) is 0 Å². The van der Waals surface area contributed by atoms with Crippen LogP contribution in [0.15, 0.2) is 23.4 Å². The van der Waals surface area contributed by atoms with Crippen LogP contribution in [-0.2, 0) is 11.3 Å². The Balaban J connectivity index is 2.00. The number of amidine groups is 1. The summed E-state index contributed by atoms with van der Waals surface area (Å²) in [6, 6.07) is 6.13. The molecule has 1 fully saturated rings. The fourth-order valence-electron chi connectivity index (χ4n) is 2.56. The predicted octanol–water partition coefficient (Wildman–Crippen LogP) is 1.45. The first-order valence-electron chi connectivity index (χ1n) is 7.13. The van der Waals surface area contributed by atoms with Gasteiger partial charge in [0, 0.05) is 19.2 Å². The molecule has 2 rings (SSSR count). The molecule has 116 valence electrons. The third kappa shape index (κ3) is 4.09. The Morgan fingerprint density at radius 1 is 1.57 bits per heavy atom. The van der Waals surface area contributed by atoms with Gasteiger partial charge in [0.15, 0.2) is 5.84 Å². The van der Waals surface area contributed by atoms with Crippen molar-refractivity contribution in [3.63, 3.8) is 0 Å². The Hall–Kier alpha value is -1.79. The van der Waals surface area contributed by atoms with Gasteiger partial charge < -0.3 is 25.7 Å². The number of nitrogens with zero attached hydrogens (tertiary/aromatic N) is 1. The van der Waals surface area contributed by atoms with Crippen LogP contribution >= 0.6 is 0 Å². The highest BCUT2D eigenvalue weighted by Crippen LogP contribution is 2.21. The molecule has 0 aliphatic carbocycles. The van der Waals surface area contributed by atoms with E-state index in [9.17, 15) is 0 Å². The lowest BCUT2D eigenvalue weighted by molar-refractivity contribution is 0.0130. The normalized spacial score (nSPS) is 23.0. The fraction of sp³-hybridized carbons (Fsp3) is 0.533. The molecule has 1 aliphatic heterocycles. The zero-order valence-electron chi connectivity index (χ0n) is 12.5. The third-order valence-electron chi connectivity index (χ3n) is 3.73. The number of ether oxygens (including phenoxy) is 2.